The standard InChI is InChI=1S/C31H26Cl3N9O4/c1-47-31(46)37-23-10-4-19(5-11-23)28-29(34)40-30(39-28)24(15-27(45)35-16-18-2-7-21(32)8-3-18)38-26(44)13-6-20-14-22(33)9-12-25(20)43-17-36-41-42-43/h2-14,17,24H,15-16H2,1H3,(H,35,45)(H,37,46)(H,38,44)(H,39,40)/b13-6+/t24-/m0/s1. The van der Waals surface area contributed by atoms with Crippen molar-refractivity contribution in [2.75, 3.05) is 12.4 Å². The van der Waals surface area contributed by atoms with Gasteiger partial charge in [-0.2, -0.15) is 4.68 Å². The Balaban J connectivity index is 1.37. The number of carbonyl (C=O) groups excluding carboxylic acids is 3. The van der Waals surface area contributed by atoms with E-state index in [1.807, 2.05) is 0 Å². The van der Waals surface area contributed by atoms with E-state index in [2.05, 4.69) is 46.2 Å². The van der Waals surface area contributed by atoms with Gasteiger partial charge in [0.2, 0.25) is 11.8 Å². The second kappa shape index (κ2) is 15.4. The minimum absolute atomic E-state index is 0.161. The minimum atomic E-state index is -0.901. The molecule has 3 aromatic carbocycles. The number of nitrogens with zero attached hydrogens (tertiary/aromatic N) is 5. The lowest BCUT2D eigenvalue weighted by molar-refractivity contribution is -0.122. The van der Waals surface area contributed by atoms with Crippen molar-refractivity contribution in [3.63, 3.8) is 0 Å². The van der Waals surface area contributed by atoms with Crippen LogP contribution < -0.4 is 16.0 Å². The fourth-order valence-corrected chi connectivity index (χ4v) is 4.96. The Bertz CT molecular complexity index is 1890. The first-order chi connectivity index (χ1) is 22.7. The third kappa shape index (κ3) is 8.94. The van der Waals surface area contributed by atoms with E-state index in [0.717, 1.165) is 5.56 Å². The van der Waals surface area contributed by atoms with Crippen LogP contribution in [0.2, 0.25) is 15.2 Å². The fourth-order valence-electron chi connectivity index (χ4n) is 4.41. The highest BCUT2D eigenvalue weighted by molar-refractivity contribution is 6.32. The molecule has 0 aliphatic heterocycles. The second-order valence-electron chi connectivity index (χ2n) is 9.94. The van der Waals surface area contributed by atoms with Crippen molar-refractivity contribution >= 4 is 64.5 Å². The third-order valence-corrected chi connectivity index (χ3v) is 7.47. The molecule has 0 aliphatic carbocycles. The molecule has 3 amide bonds. The number of tetrazole rings is 1. The first-order valence-corrected chi connectivity index (χ1v) is 15.1. The summed E-state index contributed by atoms with van der Waals surface area (Å²) in [6, 6.07) is 17.9. The number of rotatable bonds is 11. The maximum atomic E-state index is 13.2. The molecule has 47 heavy (non-hydrogen) atoms. The van der Waals surface area contributed by atoms with E-state index < -0.39 is 18.0 Å². The number of methoxy groups -OCH3 is 1. The molecule has 13 nitrogen and oxygen atoms in total. The van der Waals surface area contributed by atoms with E-state index in [9.17, 15) is 14.4 Å². The second-order valence-corrected chi connectivity index (χ2v) is 11.2. The molecule has 240 valence electrons. The maximum absolute atomic E-state index is 13.2. The summed E-state index contributed by atoms with van der Waals surface area (Å²) in [6.07, 6.45) is 3.50. The van der Waals surface area contributed by atoms with Crippen LogP contribution in [0.5, 0.6) is 0 Å². The summed E-state index contributed by atoms with van der Waals surface area (Å²) in [5, 5.41) is 20.7. The molecule has 5 rings (SSSR count). The van der Waals surface area contributed by atoms with Crippen LogP contribution in [0.25, 0.3) is 23.0 Å². The van der Waals surface area contributed by atoms with Gasteiger partial charge in [0.1, 0.15) is 23.0 Å². The van der Waals surface area contributed by atoms with Crippen molar-refractivity contribution < 1.29 is 19.1 Å². The highest BCUT2D eigenvalue weighted by Gasteiger charge is 2.23. The number of amides is 3. The topological polar surface area (TPSA) is 169 Å². The van der Waals surface area contributed by atoms with Crippen molar-refractivity contribution in [1.82, 2.24) is 40.8 Å². The van der Waals surface area contributed by atoms with Crippen molar-refractivity contribution in [2.45, 2.75) is 19.0 Å². The van der Waals surface area contributed by atoms with Gasteiger partial charge in [0, 0.05) is 39.5 Å². The zero-order valence-corrected chi connectivity index (χ0v) is 26.8. The molecule has 0 aliphatic rings. The summed E-state index contributed by atoms with van der Waals surface area (Å²) in [5.74, 6) is -0.616. The van der Waals surface area contributed by atoms with Crippen LogP contribution in [0.15, 0.2) is 79.1 Å². The van der Waals surface area contributed by atoms with Gasteiger partial charge in [-0.05, 0) is 64.5 Å². The number of aromatic nitrogens is 6. The van der Waals surface area contributed by atoms with Crippen LogP contribution in [0, 0.1) is 0 Å². The van der Waals surface area contributed by atoms with Gasteiger partial charge >= 0.3 is 6.09 Å². The van der Waals surface area contributed by atoms with Gasteiger partial charge in [0.05, 0.1) is 25.3 Å². The number of anilines is 1. The molecule has 0 spiro atoms. The van der Waals surface area contributed by atoms with Gasteiger partial charge in [-0.25, -0.2) is 9.78 Å². The van der Waals surface area contributed by atoms with Gasteiger partial charge in [-0.15, -0.1) is 5.10 Å². The number of aromatic amines is 1. The molecule has 0 radical (unpaired) electrons. The van der Waals surface area contributed by atoms with Crippen molar-refractivity contribution in [1.29, 1.82) is 0 Å². The first-order valence-electron chi connectivity index (χ1n) is 13.9. The monoisotopic (exact) mass is 693 g/mol. The Kier molecular flexibility index (Phi) is 10.8. The number of H-pyrrole nitrogens is 1. The number of hydrogen-bond acceptors (Lipinski definition) is 8. The highest BCUT2D eigenvalue weighted by Crippen LogP contribution is 2.29. The lowest BCUT2D eigenvalue weighted by Crippen LogP contribution is -2.33. The molecule has 0 saturated carbocycles. The lowest BCUT2D eigenvalue weighted by Gasteiger charge is -2.16. The minimum Gasteiger partial charge on any atom is -0.453 e. The normalized spacial score (nSPS) is 11.7. The van der Waals surface area contributed by atoms with Gasteiger partial charge in [0.15, 0.2) is 0 Å². The summed E-state index contributed by atoms with van der Waals surface area (Å²) in [6.45, 7) is 0.251. The molecule has 16 heteroatoms. The number of ether oxygens (including phenoxy) is 1. The van der Waals surface area contributed by atoms with Crippen LogP contribution in [0.4, 0.5) is 10.5 Å². The Labute approximate surface area is 283 Å². The molecular formula is C31H26Cl3N9O4. The maximum Gasteiger partial charge on any atom is 0.411 e. The molecule has 0 unspecified atom stereocenters. The van der Waals surface area contributed by atoms with Gasteiger partial charge in [-0.3, -0.25) is 14.9 Å². The van der Waals surface area contributed by atoms with Gasteiger partial charge < -0.3 is 20.4 Å². The average molecular weight is 695 g/mol. The fraction of sp³-hybridized carbons (Fsp3) is 0.129. The molecule has 5 aromatic rings. The predicted octanol–water partition coefficient (Wildman–Crippen LogP) is 5.77. The quantitative estimate of drug-likeness (QED) is 0.126. The number of nitrogens with one attached hydrogen (secondary N) is 4. The summed E-state index contributed by atoms with van der Waals surface area (Å²) in [4.78, 5) is 45.5. The highest BCUT2D eigenvalue weighted by atomic mass is 35.5. The predicted molar refractivity (Wildman–Crippen MR) is 177 cm³/mol. The van der Waals surface area contributed by atoms with Crippen molar-refractivity contribution in [3.05, 3.63) is 111 Å². The summed E-state index contributed by atoms with van der Waals surface area (Å²) in [5.41, 5.74) is 3.53. The number of carbonyl (C=O) groups is 3. The van der Waals surface area contributed by atoms with Crippen LogP contribution >= 0.6 is 34.8 Å². The van der Waals surface area contributed by atoms with Crippen LogP contribution in [0.3, 0.4) is 0 Å². The molecule has 2 heterocycles. The Morgan fingerprint density at radius 2 is 1.74 bits per heavy atom. The van der Waals surface area contributed by atoms with E-state index in [4.69, 9.17) is 34.8 Å². The summed E-state index contributed by atoms with van der Waals surface area (Å²) in [7, 11) is 1.27. The number of benzene rings is 3. The summed E-state index contributed by atoms with van der Waals surface area (Å²) < 4.78 is 6.05. The molecule has 2 aromatic heterocycles. The van der Waals surface area contributed by atoms with E-state index in [-0.39, 0.29) is 29.9 Å². The molecule has 0 fully saturated rings. The van der Waals surface area contributed by atoms with Crippen molar-refractivity contribution in [2.24, 2.45) is 0 Å². The Morgan fingerprint density at radius 3 is 2.45 bits per heavy atom. The van der Waals surface area contributed by atoms with Crippen molar-refractivity contribution in [3.8, 4) is 16.9 Å². The largest absolute Gasteiger partial charge is 0.453 e. The smallest absolute Gasteiger partial charge is 0.411 e. The zero-order chi connectivity index (χ0) is 33.3. The molecule has 0 saturated heterocycles. The van der Waals surface area contributed by atoms with E-state index in [1.54, 1.807) is 72.8 Å². The lowest BCUT2D eigenvalue weighted by atomic mass is 10.1. The molecule has 0 bridgehead atoms. The SMILES string of the molecule is COC(=O)Nc1ccc(-c2nc([C@H](CC(=O)NCc3ccc(Cl)cc3)NC(=O)/C=C/c3cc(Cl)ccc3-n3cnnn3)[nH]c2Cl)cc1. The number of imidazole rings is 1. The summed E-state index contributed by atoms with van der Waals surface area (Å²) >= 11 is 18.7. The number of halogens is 3. The third-order valence-electron chi connectivity index (χ3n) is 6.71. The van der Waals surface area contributed by atoms with E-state index in [0.29, 0.717) is 38.2 Å². The van der Waals surface area contributed by atoms with Crippen LogP contribution in [0.1, 0.15) is 29.4 Å². The Morgan fingerprint density at radius 1 is 1.00 bits per heavy atom. The zero-order valence-electron chi connectivity index (χ0n) is 24.6. The van der Waals surface area contributed by atoms with Gasteiger partial charge in [0.25, 0.3) is 0 Å². The average Bonchev–Trinajstić information content (AvgIpc) is 3.74. The Hall–Kier alpha value is -5.24. The van der Waals surface area contributed by atoms with Crippen LogP contribution in [-0.2, 0) is 20.9 Å². The van der Waals surface area contributed by atoms with E-state index >= 15 is 0 Å². The van der Waals surface area contributed by atoms with Crippen LogP contribution in [-0.4, -0.2) is 55.2 Å². The molecular weight excluding hydrogens is 669 g/mol. The van der Waals surface area contributed by atoms with E-state index in [1.165, 1.54) is 24.2 Å². The first kappa shape index (κ1) is 33.1. The van der Waals surface area contributed by atoms with Gasteiger partial charge in [-0.1, -0.05) is 59.1 Å². The molecule has 1 atom stereocenters. The molecule has 4 N–H and O–H groups in total. The number of hydrogen-bond donors (Lipinski definition) is 4.